The third-order valence-electron chi connectivity index (χ3n) is 5.06. The number of nitrogens with one attached hydrogen (secondary N) is 1. The van der Waals surface area contributed by atoms with E-state index in [4.69, 9.17) is 0 Å². The number of halogens is 1. The van der Waals surface area contributed by atoms with Crippen molar-refractivity contribution >= 4 is 37.7 Å². The van der Waals surface area contributed by atoms with Gasteiger partial charge < -0.3 is 19.9 Å². The maximum Gasteiger partial charge on any atom is 0.127 e. The molecule has 0 unspecified atom stereocenters. The molecular weight excluding hydrogens is 366 g/mol. The van der Waals surface area contributed by atoms with Gasteiger partial charge in [0.25, 0.3) is 0 Å². The Morgan fingerprint density at radius 3 is 2.67 bits per heavy atom. The zero-order chi connectivity index (χ0) is 16.5. The van der Waals surface area contributed by atoms with Crippen molar-refractivity contribution < 1.29 is 15.3 Å². The quantitative estimate of drug-likeness (QED) is 0.593. The second kappa shape index (κ2) is 6.84. The van der Waals surface area contributed by atoms with Gasteiger partial charge in [0.2, 0.25) is 0 Å². The zero-order valence-corrected chi connectivity index (χ0v) is 15.3. The van der Waals surface area contributed by atoms with Crippen molar-refractivity contribution in [3.8, 4) is 0 Å². The highest BCUT2D eigenvalue weighted by Crippen LogP contribution is 2.31. The minimum atomic E-state index is -0.319. The van der Waals surface area contributed by atoms with E-state index in [0.29, 0.717) is 6.54 Å². The van der Waals surface area contributed by atoms with Crippen molar-refractivity contribution in [2.45, 2.75) is 12.6 Å². The van der Waals surface area contributed by atoms with E-state index in [-0.39, 0.29) is 6.10 Å². The molecule has 0 amide bonds. The average Bonchev–Trinajstić information content (AvgIpc) is 2.89. The first kappa shape index (κ1) is 16.1. The number of aliphatic hydroxyl groups excluding tert-OH is 1. The van der Waals surface area contributed by atoms with Crippen molar-refractivity contribution in [3.05, 3.63) is 46.9 Å². The van der Waals surface area contributed by atoms with Gasteiger partial charge in [-0.15, -0.1) is 0 Å². The van der Waals surface area contributed by atoms with Gasteiger partial charge in [-0.1, -0.05) is 34.1 Å². The zero-order valence-electron chi connectivity index (χ0n) is 13.7. The van der Waals surface area contributed by atoms with E-state index < -0.39 is 0 Å². The van der Waals surface area contributed by atoms with Crippen LogP contribution in [0.5, 0.6) is 0 Å². The van der Waals surface area contributed by atoms with E-state index in [0.717, 1.165) is 24.1 Å². The van der Waals surface area contributed by atoms with E-state index >= 15 is 0 Å². The fourth-order valence-electron chi connectivity index (χ4n) is 3.92. The standard InChI is InChI=1S/C19H22BrN3O/c20-14-5-6-19-17(11-14)16-3-1-2-4-18(16)23(19)13-15(24)12-22-9-7-21-8-10-22/h1-6,11,15,21,24H,7-10,12-13H2/p+2/t15-/m0/s1. The van der Waals surface area contributed by atoms with Crippen LogP contribution in [-0.2, 0) is 6.54 Å². The summed E-state index contributed by atoms with van der Waals surface area (Å²) in [6, 6.07) is 14.9. The number of hydrogen-bond donors (Lipinski definition) is 3. The van der Waals surface area contributed by atoms with Gasteiger partial charge in [0.05, 0.1) is 6.54 Å². The molecule has 24 heavy (non-hydrogen) atoms. The molecule has 2 heterocycles. The van der Waals surface area contributed by atoms with Crippen molar-refractivity contribution in [2.75, 3.05) is 32.7 Å². The molecule has 0 saturated carbocycles. The summed E-state index contributed by atoms with van der Waals surface area (Å²) in [5.74, 6) is 0. The highest BCUT2D eigenvalue weighted by Gasteiger charge is 2.21. The first-order chi connectivity index (χ1) is 11.7. The molecule has 0 bridgehead atoms. The number of piperazine rings is 1. The molecule has 1 fully saturated rings. The fraction of sp³-hybridized carbons (Fsp3) is 0.368. The van der Waals surface area contributed by atoms with Crippen LogP contribution in [-0.4, -0.2) is 48.5 Å². The van der Waals surface area contributed by atoms with E-state index in [9.17, 15) is 5.11 Å². The molecule has 3 aromatic rings. The Hall–Kier alpha value is -1.40. The molecule has 1 aliphatic rings. The maximum atomic E-state index is 10.7. The molecule has 4 N–H and O–H groups in total. The molecule has 2 aromatic carbocycles. The minimum absolute atomic E-state index is 0.319. The van der Waals surface area contributed by atoms with Crippen LogP contribution in [0, 0.1) is 0 Å². The second-order valence-electron chi connectivity index (χ2n) is 6.76. The van der Waals surface area contributed by atoms with E-state index in [1.54, 1.807) is 0 Å². The van der Waals surface area contributed by atoms with Crippen LogP contribution in [0.2, 0.25) is 0 Å². The van der Waals surface area contributed by atoms with E-state index in [1.807, 2.05) is 0 Å². The summed E-state index contributed by atoms with van der Waals surface area (Å²) < 4.78 is 3.37. The number of rotatable bonds is 4. The first-order valence-corrected chi connectivity index (χ1v) is 9.51. The molecule has 0 radical (unpaired) electrons. The number of aliphatic hydroxyl groups is 1. The molecule has 126 valence electrons. The number of hydrogen-bond acceptors (Lipinski definition) is 1. The number of para-hydroxylation sites is 1. The number of fused-ring (bicyclic) bond motifs is 3. The Kier molecular flexibility index (Phi) is 4.59. The van der Waals surface area contributed by atoms with Gasteiger partial charge in [0.15, 0.2) is 0 Å². The van der Waals surface area contributed by atoms with Gasteiger partial charge in [-0.05, 0) is 24.3 Å². The molecule has 4 rings (SSSR count). The molecule has 1 saturated heterocycles. The molecule has 1 aliphatic heterocycles. The largest absolute Gasteiger partial charge is 0.385 e. The van der Waals surface area contributed by atoms with Crippen molar-refractivity contribution in [1.29, 1.82) is 0 Å². The van der Waals surface area contributed by atoms with E-state index in [2.05, 4.69) is 68.3 Å². The van der Waals surface area contributed by atoms with Crippen molar-refractivity contribution in [1.82, 2.24) is 4.57 Å². The van der Waals surface area contributed by atoms with Crippen LogP contribution in [0.4, 0.5) is 0 Å². The number of benzene rings is 2. The van der Waals surface area contributed by atoms with Crippen molar-refractivity contribution in [3.63, 3.8) is 0 Å². The molecule has 1 aromatic heterocycles. The van der Waals surface area contributed by atoms with Gasteiger partial charge >= 0.3 is 0 Å². The minimum Gasteiger partial charge on any atom is -0.385 e. The second-order valence-corrected chi connectivity index (χ2v) is 7.68. The lowest BCUT2D eigenvalue weighted by Gasteiger charge is -2.25. The highest BCUT2D eigenvalue weighted by atomic mass is 79.9. The summed E-state index contributed by atoms with van der Waals surface area (Å²) in [5.41, 5.74) is 2.40. The predicted octanol–water partition coefficient (Wildman–Crippen LogP) is 0.380. The topological polar surface area (TPSA) is 46.2 Å². The molecule has 0 aliphatic carbocycles. The first-order valence-electron chi connectivity index (χ1n) is 8.72. The SMILES string of the molecule is O[C@H](Cn1c2ccccc2c2cc(Br)ccc21)C[NH+]1CC[NH2+]CC1. The Morgan fingerprint density at radius 2 is 1.83 bits per heavy atom. The normalized spacial score (nSPS) is 17.6. The summed E-state index contributed by atoms with van der Waals surface area (Å²) in [6.07, 6.45) is -0.319. The Balaban J connectivity index is 1.67. The van der Waals surface area contributed by atoms with Crippen LogP contribution in [0.3, 0.4) is 0 Å². The Labute approximate surface area is 150 Å². The van der Waals surface area contributed by atoms with Gasteiger partial charge in [-0.2, -0.15) is 0 Å². The Morgan fingerprint density at radius 1 is 1.08 bits per heavy atom. The molecule has 5 heteroatoms. The third-order valence-corrected chi connectivity index (χ3v) is 5.55. The predicted molar refractivity (Wildman–Crippen MR) is 100 cm³/mol. The Bertz CT molecular complexity index is 854. The fourth-order valence-corrected chi connectivity index (χ4v) is 4.28. The molecule has 4 nitrogen and oxygen atoms in total. The van der Waals surface area contributed by atoms with Gasteiger partial charge in [-0.25, -0.2) is 0 Å². The third kappa shape index (κ3) is 3.09. The molecule has 0 spiro atoms. The van der Waals surface area contributed by atoms with Crippen LogP contribution in [0.15, 0.2) is 46.9 Å². The number of nitrogens with two attached hydrogens (primary N) is 1. The lowest BCUT2D eigenvalue weighted by molar-refractivity contribution is -0.949. The lowest BCUT2D eigenvalue weighted by atomic mass is 10.2. The number of quaternary nitrogens is 2. The smallest absolute Gasteiger partial charge is 0.127 e. The van der Waals surface area contributed by atoms with Gasteiger partial charge in [0, 0.05) is 26.3 Å². The van der Waals surface area contributed by atoms with Crippen molar-refractivity contribution in [2.24, 2.45) is 0 Å². The highest BCUT2D eigenvalue weighted by molar-refractivity contribution is 9.10. The van der Waals surface area contributed by atoms with Crippen LogP contribution in [0.1, 0.15) is 0 Å². The molecule has 1 atom stereocenters. The van der Waals surface area contributed by atoms with Crippen LogP contribution < -0.4 is 10.2 Å². The summed E-state index contributed by atoms with van der Waals surface area (Å²) in [7, 11) is 0. The average molecular weight is 390 g/mol. The lowest BCUT2D eigenvalue weighted by Crippen LogP contribution is -3.21. The van der Waals surface area contributed by atoms with E-state index in [1.165, 1.54) is 39.8 Å². The van der Waals surface area contributed by atoms with Crippen LogP contribution in [0.25, 0.3) is 21.8 Å². The van der Waals surface area contributed by atoms with Crippen LogP contribution >= 0.6 is 15.9 Å². The van der Waals surface area contributed by atoms with Gasteiger partial charge in [0.1, 0.15) is 38.8 Å². The number of aromatic nitrogens is 1. The summed E-state index contributed by atoms with van der Waals surface area (Å²) in [6.45, 7) is 6.13. The number of nitrogens with zero attached hydrogens (tertiary/aromatic N) is 1. The van der Waals surface area contributed by atoms with Gasteiger partial charge in [-0.3, -0.25) is 0 Å². The maximum absolute atomic E-state index is 10.7. The summed E-state index contributed by atoms with van der Waals surface area (Å²) in [4.78, 5) is 1.52. The molecular formula is C19H24BrN3O+2. The monoisotopic (exact) mass is 389 g/mol. The summed E-state index contributed by atoms with van der Waals surface area (Å²) >= 11 is 3.58. The summed E-state index contributed by atoms with van der Waals surface area (Å²) in [5, 5.41) is 15.5.